The third-order valence-electron chi connectivity index (χ3n) is 3.43. The zero-order valence-corrected chi connectivity index (χ0v) is 14.3. The fourth-order valence-corrected chi connectivity index (χ4v) is 2.43. The normalized spacial score (nSPS) is 15.4. The van der Waals surface area contributed by atoms with Crippen LogP contribution in [0.2, 0.25) is 5.02 Å². The van der Waals surface area contributed by atoms with Gasteiger partial charge in [0, 0.05) is 11.6 Å². The van der Waals surface area contributed by atoms with Crippen molar-refractivity contribution in [1.82, 2.24) is 0 Å². The van der Waals surface area contributed by atoms with Gasteiger partial charge in [0.05, 0.1) is 4.92 Å². The number of halogens is 4. The fraction of sp³-hybridized carbons (Fsp3) is 0.0588. The molecule has 28 heavy (non-hydrogen) atoms. The molecule has 0 aromatic heterocycles. The van der Waals surface area contributed by atoms with Crippen LogP contribution in [0.25, 0.3) is 6.08 Å². The van der Waals surface area contributed by atoms with Crippen molar-refractivity contribution in [2.24, 2.45) is 4.99 Å². The van der Waals surface area contributed by atoms with Gasteiger partial charge in [-0.2, -0.15) is 0 Å². The van der Waals surface area contributed by atoms with Crippen LogP contribution in [-0.2, 0) is 9.53 Å². The van der Waals surface area contributed by atoms with E-state index in [1.54, 1.807) is 0 Å². The van der Waals surface area contributed by atoms with E-state index in [1.165, 1.54) is 30.3 Å². The maximum absolute atomic E-state index is 12.2. The van der Waals surface area contributed by atoms with E-state index in [0.717, 1.165) is 18.2 Å². The quantitative estimate of drug-likeness (QED) is 0.319. The second-order valence-corrected chi connectivity index (χ2v) is 5.78. The molecule has 11 heteroatoms. The van der Waals surface area contributed by atoms with Crippen molar-refractivity contribution in [3.8, 4) is 5.75 Å². The number of ether oxygens (including phenoxy) is 2. The second kappa shape index (κ2) is 7.31. The van der Waals surface area contributed by atoms with E-state index in [4.69, 9.17) is 16.3 Å². The summed E-state index contributed by atoms with van der Waals surface area (Å²) in [6.45, 7) is 0. The van der Waals surface area contributed by atoms with Crippen molar-refractivity contribution in [3.05, 3.63) is 74.4 Å². The Morgan fingerprint density at radius 1 is 1.18 bits per heavy atom. The Kier molecular flexibility index (Phi) is 5.06. The Bertz CT molecular complexity index is 1020. The van der Waals surface area contributed by atoms with Gasteiger partial charge >= 0.3 is 12.3 Å². The minimum Gasteiger partial charge on any atom is -0.406 e. The van der Waals surface area contributed by atoms with Gasteiger partial charge in [0.15, 0.2) is 5.70 Å². The Balaban J connectivity index is 1.86. The fourth-order valence-electron chi connectivity index (χ4n) is 2.24. The number of rotatable bonds is 4. The summed E-state index contributed by atoms with van der Waals surface area (Å²) in [6.07, 6.45) is -3.52. The van der Waals surface area contributed by atoms with Crippen LogP contribution in [0.5, 0.6) is 5.75 Å². The van der Waals surface area contributed by atoms with Gasteiger partial charge in [0.25, 0.3) is 5.69 Å². The number of nitro benzene ring substituents is 1. The predicted molar refractivity (Wildman–Crippen MR) is 91.8 cm³/mol. The molecule has 0 saturated heterocycles. The van der Waals surface area contributed by atoms with Crippen molar-refractivity contribution in [1.29, 1.82) is 0 Å². The number of hydrogen-bond acceptors (Lipinski definition) is 6. The van der Waals surface area contributed by atoms with Crippen molar-refractivity contribution in [3.63, 3.8) is 0 Å². The molecule has 2 aromatic carbocycles. The Morgan fingerprint density at radius 3 is 2.46 bits per heavy atom. The molecule has 1 heterocycles. The van der Waals surface area contributed by atoms with Crippen LogP contribution in [0, 0.1) is 10.1 Å². The van der Waals surface area contributed by atoms with E-state index in [2.05, 4.69) is 9.73 Å². The minimum absolute atomic E-state index is 0.0874. The molecule has 2 aromatic rings. The van der Waals surface area contributed by atoms with Gasteiger partial charge < -0.3 is 9.47 Å². The monoisotopic (exact) mass is 412 g/mol. The molecular formula is C17H8ClF3N2O5. The molecule has 144 valence electrons. The third kappa shape index (κ3) is 4.46. The van der Waals surface area contributed by atoms with Gasteiger partial charge in [-0.15, -0.1) is 13.2 Å². The zero-order valence-electron chi connectivity index (χ0n) is 13.6. The number of carbonyl (C=O) groups is 1. The summed E-state index contributed by atoms with van der Waals surface area (Å²) in [4.78, 5) is 26.2. The predicted octanol–water partition coefficient (Wildman–Crippen LogP) is 4.49. The van der Waals surface area contributed by atoms with Gasteiger partial charge in [-0.25, -0.2) is 9.79 Å². The van der Waals surface area contributed by atoms with E-state index in [1.807, 2.05) is 0 Å². The Labute approximate surface area is 159 Å². The molecule has 1 aliphatic heterocycles. The molecule has 0 saturated carbocycles. The maximum atomic E-state index is 12.2. The van der Waals surface area contributed by atoms with Crippen molar-refractivity contribution in [2.75, 3.05) is 0 Å². The van der Waals surface area contributed by atoms with E-state index >= 15 is 0 Å². The van der Waals surface area contributed by atoms with Crippen LogP contribution in [0.1, 0.15) is 11.1 Å². The lowest BCUT2D eigenvalue weighted by atomic mass is 10.2. The number of hydrogen-bond donors (Lipinski definition) is 0. The lowest BCUT2D eigenvalue weighted by Gasteiger charge is -2.08. The number of esters is 1. The van der Waals surface area contributed by atoms with E-state index in [9.17, 15) is 28.1 Å². The lowest BCUT2D eigenvalue weighted by Crippen LogP contribution is -2.16. The standard InChI is InChI=1S/C17H8ClF3N2O5/c18-12-6-3-10(8-14(12)23(25)26)15-22-13(16(24)27-15)7-9-1-4-11(5-2-9)28-17(19,20)21/h1-8H/b13-7-. The average molecular weight is 413 g/mol. The van der Waals surface area contributed by atoms with Gasteiger partial charge in [0.2, 0.25) is 5.90 Å². The maximum Gasteiger partial charge on any atom is 0.573 e. The molecule has 0 spiro atoms. The van der Waals surface area contributed by atoms with Crippen LogP contribution < -0.4 is 4.74 Å². The molecular weight excluding hydrogens is 405 g/mol. The topological polar surface area (TPSA) is 91.0 Å². The first-order chi connectivity index (χ1) is 13.1. The third-order valence-corrected chi connectivity index (χ3v) is 3.75. The molecule has 7 nitrogen and oxygen atoms in total. The summed E-state index contributed by atoms with van der Waals surface area (Å²) in [5, 5.41) is 10.9. The first kappa shape index (κ1) is 19.4. The molecule has 1 aliphatic rings. The highest BCUT2D eigenvalue weighted by molar-refractivity contribution is 6.32. The number of nitro groups is 1. The van der Waals surface area contributed by atoms with Gasteiger partial charge in [-0.05, 0) is 35.9 Å². The molecule has 0 amide bonds. The molecule has 0 radical (unpaired) electrons. The minimum atomic E-state index is -4.81. The highest BCUT2D eigenvalue weighted by Gasteiger charge is 2.31. The number of cyclic esters (lactones) is 1. The lowest BCUT2D eigenvalue weighted by molar-refractivity contribution is -0.384. The largest absolute Gasteiger partial charge is 0.573 e. The molecule has 0 fully saturated rings. The summed E-state index contributed by atoms with van der Waals surface area (Å²) in [5.74, 6) is -1.39. The van der Waals surface area contributed by atoms with Gasteiger partial charge in [0.1, 0.15) is 10.8 Å². The van der Waals surface area contributed by atoms with Gasteiger partial charge in [-0.1, -0.05) is 23.7 Å². The van der Waals surface area contributed by atoms with Crippen LogP contribution in [-0.4, -0.2) is 23.2 Å². The Hall–Kier alpha value is -3.40. The summed E-state index contributed by atoms with van der Waals surface area (Å²) >= 11 is 5.73. The van der Waals surface area contributed by atoms with E-state index < -0.39 is 23.0 Å². The molecule has 0 aliphatic carbocycles. The zero-order chi connectivity index (χ0) is 20.5. The summed E-state index contributed by atoms with van der Waals surface area (Å²) in [5.41, 5.74) is 0.0306. The number of aliphatic imine (C=N–C) groups is 1. The van der Waals surface area contributed by atoms with Crippen molar-refractivity contribution < 1.29 is 32.4 Å². The number of nitrogens with zero attached hydrogens (tertiary/aromatic N) is 2. The smallest absolute Gasteiger partial charge is 0.406 e. The first-order valence-corrected chi connectivity index (χ1v) is 7.83. The summed E-state index contributed by atoms with van der Waals surface area (Å²) in [6, 6.07) is 8.52. The number of benzene rings is 2. The summed E-state index contributed by atoms with van der Waals surface area (Å²) in [7, 11) is 0. The second-order valence-electron chi connectivity index (χ2n) is 5.38. The van der Waals surface area contributed by atoms with Crippen molar-refractivity contribution in [2.45, 2.75) is 6.36 Å². The highest BCUT2D eigenvalue weighted by atomic mass is 35.5. The van der Waals surface area contributed by atoms with Crippen LogP contribution in [0.15, 0.2) is 53.2 Å². The highest BCUT2D eigenvalue weighted by Crippen LogP contribution is 2.28. The van der Waals surface area contributed by atoms with Crippen LogP contribution >= 0.6 is 11.6 Å². The summed E-state index contributed by atoms with van der Waals surface area (Å²) < 4.78 is 45.3. The van der Waals surface area contributed by atoms with Crippen LogP contribution in [0.4, 0.5) is 18.9 Å². The van der Waals surface area contributed by atoms with E-state index in [-0.39, 0.29) is 27.9 Å². The SMILES string of the molecule is O=C1OC(c2ccc(Cl)c([N+](=O)[O-])c2)=N/C1=C\c1ccc(OC(F)(F)F)cc1. The average Bonchev–Trinajstić information content (AvgIpc) is 2.96. The van der Waals surface area contributed by atoms with Crippen molar-refractivity contribution >= 4 is 35.2 Å². The molecule has 0 bridgehead atoms. The van der Waals surface area contributed by atoms with Gasteiger partial charge in [-0.3, -0.25) is 10.1 Å². The first-order valence-electron chi connectivity index (χ1n) is 7.45. The molecule has 0 atom stereocenters. The Morgan fingerprint density at radius 2 is 1.86 bits per heavy atom. The molecule has 0 unspecified atom stereocenters. The number of alkyl halides is 3. The number of carbonyl (C=O) groups excluding carboxylic acids is 1. The molecule has 0 N–H and O–H groups in total. The molecule has 3 rings (SSSR count). The van der Waals surface area contributed by atoms with E-state index in [0.29, 0.717) is 5.56 Å². The van der Waals surface area contributed by atoms with Crippen LogP contribution in [0.3, 0.4) is 0 Å².